The summed E-state index contributed by atoms with van der Waals surface area (Å²) in [4.78, 5) is 0. The molecule has 0 amide bonds. The highest BCUT2D eigenvalue weighted by molar-refractivity contribution is 4.86. The summed E-state index contributed by atoms with van der Waals surface area (Å²) in [5.74, 6) is 0.342. The lowest BCUT2D eigenvalue weighted by molar-refractivity contribution is -0.177. The summed E-state index contributed by atoms with van der Waals surface area (Å²) >= 11 is 0. The largest absolute Gasteiger partial charge is 0.421 e. The van der Waals surface area contributed by atoms with E-state index in [4.69, 9.17) is 4.42 Å². The lowest BCUT2D eigenvalue weighted by atomic mass is 10.3. The van der Waals surface area contributed by atoms with Gasteiger partial charge in [-0.25, -0.2) is 0 Å². The molecule has 0 aromatic carbocycles. The molecule has 0 aliphatic carbocycles. The molecule has 0 aliphatic rings. The van der Waals surface area contributed by atoms with Gasteiger partial charge in [0.2, 0.25) is 11.8 Å². The van der Waals surface area contributed by atoms with Gasteiger partial charge < -0.3 is 14.5 Å². The van der Waals surface area contributed by atoms with Gasteiger partial charge in [0.05, 0.1) is 6.04 Å². The zero-order valence-corrected chi connectivity index (χ0v) is 8.84. The second-order valence-corrected chi connectivity index (χ2v) is 3.15. The molecule has 0 radical (unpaired) electrons. The Morgan fingerprint density at radius 3 is 2.69 bits per heavy atom. The van der Waals surface area contributed by atoms with E-state index >= 15 is 0 Å². The summed E-state index contributed by atoms with van der Waals surface area (Å²) in [7, 11) is 1.70. The van der Waals surface area contributed by atoms with Crippen LogP contribution in [0.4, 0.5) is 13.2 Å². The summed E-state index contributed by atoms with van der Waals surface area (Å²) < 4.78 is 44.7. The highest BCUT2D eigenvalue weighted by atomic mass is 19.4. The molecule has 1 heterocycles. The van der Waals surface area contributed by atoms with Gasteiger partial charge >= 0.3 is 6.18 Å². The molecule has 1 aromatic rings. The van der Waals surface area contributed by atoms with Crippen LogP contribution in [0.3, 0.4) is 0 Å². The van der Waals surface area contributed by atoms with Crippen molar-refractivity contribution in [2.45, 2.75) is 25.7 Å². The molecule has 0 bridgehead atoms. The smallest absolute Gasteiger partial charge is 0.411 e. The molecule has 1 rings (SSSR count). The Bertz CT molecular complexity index is 327. The first-order chi connectivity index (χ1) is 7.42. The molecule has 0 spiro atoms. The lowest BCUT2D eigenvalue weighted by Crippen LogP contribution is -2.16. The minimum absolute atomic E-state index is 0.0290. The molecule has 16 heavy (non-hydrogen) atoms. The molecule has 0 aliphatic heterocycles. The van der Waals surface area contributed by atoms with Crippen molar-refractivity contribution in [1.29, 1.82) is 0 Å². The summed E-state index contributed by atoms with van der Waals surface area (Å²) in [6.07, 6.45) is -4.35. The van der Waals surface area contributed by atoms with Crippen molar-refractivity contribution in [2.75, 3.05) is 13.7 Å². The topological polar surface area (TPSA) is 60.2 Å². The van der Waals surface area contributed by atoms with Crippen LogP contribution in [0, 0.1) is 0 Å². The number of nitrogens with zero attached hydrogens (tertiary/aromatic N) is 2. The maximum atomic E-state index is 11.7. The van der Waals surface area contributed by atoms with Gasteiger partial charge in [0.25, 0.3) is 0 Å². The van der Waals surface area contributed by atoms with Crippen LogP contribution in [0.15, 0.2) is 4.42 Å². The molecule has 0 fully saturated rings. The van der Waals surface area contributed by atoms with E-state index in [9.17, 15) is 13.2 Å². The molecule has 1 unspecified atom stereocenters. The van der Waals surface area contributed by atoms with E-state index in [1.165, 1.54) is 0 Å². The number of rotatable bonds is 5. The first-order valence-electron chi connectivity index (χ1n) is 4.56. The maximum Gasteiger partial charge on any atom is 0.411 e. The van der Waals surface area contributed by atoms with Gasteiger partial charge in [-0.1, -0.05) is 0 Å². The van der Waals surface area contributed by atoms with Crippen LogP contribution in [-0.4, -0.2) is 30.0 Å². The van der Waals surface area contributed by atoms with Crippen LogP contribution in [0.2, 0.25) is 0 Å². The van der Waals surface area contributed by atoms with E-state index in [-0.39, 0.29) is 18.5 Å². The number of aromatic nitrogens is 2. The highest BCUT2D eigenvalue weighted by Gasteiger charge is 2.27. The first kappa shape index (κ1) is 12.9. The zero-order chi connectivity index (χ0) is 12.2. The monoisotopic (exact) mass is 239 g/mol. The summed E-state index contributed by atoms with van der Waals surface area (Å²) in [5, 5.41) is 10.1. The number of alkyl halides is 3. The van der Waals surface area contributed by atoms with Gasteiger partial charge in [0, 0.05) is 0 Å². The Morgan fingerprint density at radius 2 is 2.12 bits per heavy atom. The van der Waals surface area contributed by atoms with Crippen molar-refractivity contribution in [3.05, 3.63) is 11.8 Å². The van der Waals surface area contributed by atoms with Crippen LogP contribution in [-0.2, 0) is 11.3 Å². The second kappa shape index (κ2) is 5.26. The zero-order valence-electron chi connectivity index (χ0n) is 8.84. The van der Waals surface area contributed by atoms with Crippen LogP contribution in [0.5, 0.6) is 0 Å². The maximum absolute atomic E-state index is 11.7. The fourth-order valence-electron chi connectivity index (χ4n) is 0.877. The molecule has 1 N–H and O–H groups in total. The van der Waals surface area contributed by atoms with E-state index < -0.39 is 12.8 Å². The number of ether oxygens (including phenoxy) is 1. The van der Waals surface area contributed by atoms with E-state index in [2.05, 4.69) is 20.3 Å². The molecule has 1 atom stereocenters. The average Bonchev–Trinajstić information content (AvgIpc) is 2.63. The molecule has 5 nitrogen and oxygen atoms in total. The molecule has 0 saturated carbocycles. The third-order valence-corrected chi connectivity index (χ3v) is 1.78. The Kier molecular flexibility index (Phi) is 4.25. The Hall–Kier alpha value is -1.15. The van der Waals surface area contributed by atoms with Crippen LogP contribution in [0.25, 0.3) is 0 Å². The van der Waals surface area contributed by atoms with Gasteiger partial charge in [0.15, 0.2) is 0 Å². The molecular weight excluding hydrogens is 227 g/mol. The predicted octanol–water partition coefficient (Wildman–Crippen LogP) is 1.43. The molecule has 92 valence electrons. The summed E-state index contributed by atoms with van der Waals surface area (Å²) in [6.45, 7) is 0.114. The fraction of sp³-hybridized carbons (Fsp3) is 0.750. The van der Waals surface area contributed by atoms with Crippen molar-refractivity contribution >= 4 is 0 Å². The highest BCUT2D eigenvalue weighted by Crippen LogP contribution is 2.16. The van der Waals surface area contributed by atoms with Crippen LogP contribution >= 0.6 is 0 Å². The van der Waals surface area contributed by atoms with Crippen molar-refractivity contribution in [3.63, 3.8) is 0 Å². The van der Waals surface area contributed by atoms with Crippen LogP contribution < -0.4 is 5.32 Å². The van der Waals surface area contributed by atoms with Crippen molar-refractivity contribution in [3.8, 4) is 0 Å². The van der Waals surface area contributed by atoms with Gasteiger partial charge in [-0.3, -0.25) is 0 Å². The minimum Gasteiger partial charge on any atom is -0.421 e. The van der Waals surface area contributed by atoms with E-state index in [1.54, 1.807) is 14.0 Å². The van der Waals surface area contributed by atoms with Crippen molar-refractivity contribution in [2.24, 2.45) is 0 Å². The fourth-order valence-corrected chi connectivity index (χ4v) is 0.877. The number of nitrogens with one attached hydrogen (secondary N) is 1. The summed E-state index contributed by atoms with van der Waals surface area (Å²) in [6, 6.07) is -0.149. The van der Waals surface area contributed by atoms with Crippen LogP contribution in [0.1, 0.15) is 24.7 Å². The SMILES string of the molecule is CNC(C)c1nnc(COCC(F)(F)F)o1. The number of hydrogen-bond acceptors (Lipinski definition) is 5. The third kappa shape index (κ3) is 4.15. The average molecular weight is 239 g/mol. The molecule has 8 heteroatoms. The normalized spacial score (nSPS) is 14.1. The predicted molar refractivity (Wildman–Crippen MR) is 47.5 cm³/mol. The Labute approximate surface area is 90.0 Å². The Morgan fingerprint density at radius 1 is 1.44 bits per heavy atom. The van der Waals surface area contributed by atoms with E-state index in [0.29, 0.717) is 5.89 Å². The third-order valence-electron chi connectivity index (χ3n) is 1.78. The minimum atomic E-state index is -4.35. The molecule has 0 saturated heterocycles. The van der Waals surface area contributed by atoms with E-state index in [0.717, 1.165) is 0 Å². The number of hydrogen-bond donors (Lipinski definition) is 1. The van der Waals surface area contributed by atoms with Gasteiger partial charge in [-0.05, 0) is 14.0 Å². The van der Waals surface area contributed by atoms with Crippen molar-refractivity contribution < 1.29 is 22.3 Å². The number of halogens is 3. The second-order valence-electron chi connectivity index (χ2n) is 3.15. The molecular formula is C8H12F3N3O2. The first-order valence-corrected chi connectivity index (χ1v) is 4.56. The van der Waals surface area contributed by atoms with E-state index in [1.807, 2.05) is 0 Å². The molecule has 1 aromatic heterocycles. The lowest BCUT2D eigenvalue weighted by Gasteiger charge is -2.05. The standard InChI is InChI=1S/C8H12F3N3O2/c1-5(12-2)7-14-13-6(16-7)3-15-4-8(9,10)11/h5,12H,3-4H2,1-2H3. The summed E-state index contributed by atoms with van der Waals surface area (Å²) in [5.41, 5.74) is 0. The van der Waals surface area contributed by atoms with Gasteiger partial charge in [-0.2, -0.15) is 13.2 Å². The van der Waals surface area contributed by atoms with Gasteiger partial charge in [0.1, 0.15) is 13.2 Å². The van der Waals surface area contributed by atoms with Crippen molar-refractivity contribution in [1.82, 2.24) is 15.5 Å². The quantitative estimate of drug-likeness (QED) is 0.842. The van der Waals surface area contributed by atoms with Gasteiger partial charge in [-0.15, -0.1) is 10.2 Å². The Balaban J connectivity index is 2.41.